The molecule has 0 heteroatoms. The molecule has 1 fully saturated rings. The predicted molar refractivity (Wildman–Crippen MR) is 76.7 cm³/mol. The summed E-state index contributed by atoms with van der Waals surface area (Å²) in [4.78, 5) is 0. The van der Waals surface area contributed by atoms with Crippen LogP contribution in [0.15, 0.2) is 54.6 Å². The Kier molecular flexibility index (Phi) is 2.95. The lowest BCUT2D eigenvalue weighted by Gasteiger charge is -2.18. The molecule has 3 atom stereocenters. The van der Waals surface area contributed by atoms with Crippen LogP contribution in [0.3, 0.4) is 0 Å². The zero-order valence-corrected chi connectivity index (χ0v) is 11.1. The summed E-state index contributed by atoms with van der Waals surface area (Å²) in [6.45, 7) is 4.55. The second-order valence-electron chi connectivity index (χ2n) is 5.68. The third kappa shape index (κ3) is 2.20. The third-order valence-corrected chi connectivity index (χ3v) is 4.16. The Morgan fingerprint density at radius 2 is 1.61 bits per heavy atom. The number of aryl methyl sites for hydroxylation is 1. The van der Waals surface area contributed by atoms with Gasteiger partial charge in [0.15, 0.2) is 0 Å². The van der Waals surface area contributed by atoms with Crippen molar-refractivity contribution in [3.05, 3.63) is 71.3 Å². The van der Waals surface area contributed by atoms with Gasteiger partial charge in [0.1, 0.15) is 0 Å². The van der Waals surface area contributed by atoms with Crippen LogP contribution < -0.4 is 0 Å². The summed E-state index contributed by atoms with van der Waals surface area (Å²) < 4.78 is 0. The highest BCUT2D eigenvalue weighted by Crippen LogP contribution is 2.51. The lowest BCUT2D eigenvalue weighted by molar-refractivity contribution is 0.651. The van der Waals surface area contributed by atoms with E-state index in [4.69, 9.17) is 0 Å². The lowest BCUT2D eigenvalue weighted by atomic mass is 9.86. The molecule has 0 amide bonds. The zero-order chi connectivity index (χ0) is 12.5. The van der Waals surface area contributed by atoms with Crippen LogP contribution in [0.4, 0.5) is 0 Å². The quantitative estimate of drug-likeness (QED) is 0.719. The van der Waals surface area contributed by atoms with Crippen LogP contribution in [0.2, 0.25) is 0 Å². The van der Waals surface area contributed by atoms with Crippen LogP contribution in [0, 0.1) is 18.8 Å². The fourth-order valence-corrected chi connectivity index (χ4v) is 3.03. The van der Waals surface area contributed by atoms with E-state index in [0.717, 1.165) is 11.8 Å². The monoisotopic (exact) mass is 236 g/mol. The average molecular weight is 236 g/mol. The van der Waals surface area contributed by atoms with Crippen molar-refractivity contribution in [2.75, 3.05) is 0 Å². The SMILES string of the molecule is Cc1cccc(C(c2ccccc2)C2CC2C)c1. The molecule has 0 radical (unpaired) electrons. The molecule has 0 spiro atoms. The van der Waals surface area contributed by atoms with Crippen LogP contribution in [0.25, 0.3) is 0 Å². The van der Waals surface area contributed by atoms with Gasteiger partial charge in [0.05, 0.1) is 0 Å². The van der Waals surface area contributed by atoms with Crippen molar-refractivity contribution >= 4 is 0 Å². The van der Waals surface area contributed by atoms with E-state index in [1.165, 1.54) is 23.1 Å². The van der Waals surface area contributed by atoms with E-state index in [0.29, 0.717) is 5.92 Å². The van der Waals surface area contributed by atoms with E-state index in [9.17, 15) is 0 Å². The normalized spacial score (nSPS) is 23.7. The molecule has 92 valence electrons. The predicted octanol–water partition coefficient (Wildman–Crippen LogP) is 4.78. The van der Waals surface area contributed by atoms with Gasteiger partial charge in [-0.2, -0.15) is 0 Å². The minimum atomic E-state index is 0.584. The van der Waals surface area contributed by atoms with Crippen molar-refractivity contribution in [3.63, 3.8) is 0 Å². The van der Waals surface area contributed by atoms with E-state index < -0.39 is 0 Å². The Morgan fingerprint density at radius 1 is 0.944 bits per heavy atom. The van der Waals surface area contributed by atoms with Crippen LogP contribution >= 0.6 is 0 Å². The van der Waals surface area contributed by atoms with Gasteiger partial charge in [-0.3, -0.25) is 0 Å². The Labute approximate surface area is 110 Å². The maximum absolute atomic E-state index is 2.37. The maximum Gasteiger partial charge on any atom is 0.0120 e. The molecule has 1 aliphatic rings. The van der Waals surface area contributed by atoms with Crippen LogP contribution in [0.5, 0.6) is 0 Å². The van der Waals surface area contributed by atoms with Gasteiger partial charge in [0, 0.05) is 5.92 Å². The van der Waals surface area contributed by atoms with Crippen molar-refractivity contribution in [2.24, 2.45) is 11.8 Å². The lowest BCUT2D eigenvalue weighted by Crippen LogP contribution is -2.04. The molecule has 3 rings (SSSR count). The summed E-state index contributed by atoms with van der Waals surface area (Å²) in [7, 11) is 0. The van der Waals surface area contributed by atoms with Crippen molar-refractivity contribution in [2.45, 2.75) is 26.2 Å². The molecule has 0 nitrogen and oxygen atoms in total. The second kappa shape index (κ2) is 4.61. The topological polar surface area (TPSA) is 0 Å². The highest BCUT2D eigenvalue weighted by atomic mass is 14.4. The molecule has 0 aliphatic heterocycles. The van der Waals surface area contributed by atoms with Gasteiger partial charge < -0.3 is 0 Å². The molecule has 0 bridgehead atoms. The van der Waals surface area contributed by atoms with Gasteiger partial charge in [0.2, 0.25) is 0 Å². The van der Waals surface area contributed by atoms with E-state index in [2.05, 4.69) is 68.4 Å². The first-order chi connectivity index (χ1) is 8.75. The first kappa shape index (κ1) is 11.5. The van der Waals surface area contributed by atoms with Gasteiger partial charge in [-0.25, -0.2) is 0 Å². The molecule has 2 aromatic rings. The Balaban J connectivity index is 2.01. The fourth-order valence-electron chi connectivity index (χ4n) is 3.03. The summed E-state index contributed by atoms with van der Waals surface area (Å²) in [5, 5.41) is 0. The van der Waals surface area contributed by atoms with Gasteiger partial charge in [-0.05, 0) is 36.3 Å². The number of benzene rings is 2. The summed E-state index contributed by atoms with van der Waals surface area (Å²) in [5.41, 5.74) is 4.31. The smallest absolute Gasteiger partial charge is 0.0120 e. The summed E-state index contributed by atoms with van der Waals surface area (Å²) >= 11 is 0. The van der Waals surface area contributed by atoms with E-state index in [1.54, 1.807) is 0 Å². The minimum Gasteiger partial charge on any atom is -0.0622 e. The van der Waals surface area contributed by atoms with Gasteiger partial charge in [0.25, 0.3) is 0 Å². The molecule has 3 unspecified atom stereocenters. The van der Waals surface area contributed by atoms with E-state index in [1.807, 2.05) is 0 Å². The van der Waals surface area contributed by atoms with Crippen LogP contribution in [0.1, 0.15) is 36.0 Å². The summed E-state index contributed by atoms with van der Waals surface area (Å²) in [6.07, 6.45) is 1.37. The third-order valence-electron chi connectivity index (χ3n) is 4.16. The number of hydrogen-bond donors (Lipinski definition) is 0. The highest BCUT2D eigenvalue weighted by Gasteiger charge is 2.40. The van der Waals surface area contributed by atoms with Crippen molar-refractivity contribution in [3.8, 4) is 0 Å². The van der Waals surface area contributed by atoms with Gasteiger partial charge in [-0.1, -0.05) is 67.1 Å². The summed E-state index contributed by atoms with van der Waals surface area (Å²) in [5.74, 6) is 2.28. The summed E-state index contributed by atoms with van der Waals surface area (Å²) in [6, 6.07) is 20.0. The van der Waals surface area contributed by atoms with Gasteiger partial charge >= 0.3 is 0 Å². The molecule has 0 aromatic heterocycles. The first-order valence-electron chi connectivity index (χ1n) is 6.87. The minimum absolute atomic E-state index is 0.584. The molecule has 1 saturated carbocycles. The van der Waals surface area contributed by atoms with Gasteiger partial charge in [-0.15, -0.1) is 0 Å². The Morgan fingerprint density at radius 3 is 2.22 bits per heavy atom. The highest BCUT2D eigenvalue weighted by molar-refractivity contribution is 5.36. The van der Waals surface area contributed by atoms with Crippen LogP contribution in [-0.4, -0.2) is 0 Å². The zero-order valence-electron chi connectivity index (χ0n) is 11.1. The van der Waals surface area contributed by atoms with Crippen molar-refractivity contribution in [1.29, 1.82) is 0 Å². The Bertz CT molecular complexity index is 527. The molecular weight excluding hydrogens is 216 g/mol. The van der Waals surface area contributed by atoms with Crippen LogP contribution in [-0.2, 0) is 0 Å². The van der Waals surface area contributed by atoms with E-state index >= 15 is 0 Å². The first-order valence-corrected chi connectivity index (χ1v) is 6.87. The van der Waals surface area contributed by atoms with Crippen molar-refractivity contribution < 1.29 is 0 Å². The molecule has 1 aliphatic carbocycles. The number of hydrogen-bond acceptors (Lipinski definition) is 0. The fraction of sp³-hybridized carbons (Fsp3) is 0.333. The molecule has 0 N–H and O–H groups in total. The largest absolute Gasteiger partial charge is 0.0622 e. The molecule has 18 heavy (non-hydrogen) atoms. The number of rotatable bonds is 3. The standard InChI is InChI=1S/C18H20/c1-13-7-6-10-16(11-13)18(17-12-14(17)2)15-8-4-3-5-9-15/h3-11,14,17-18H,12H2,1-2H3. The molecule has 0 heterocycles. The molecule has 2 aromatic carbocycles. The second-order valence-corrected chi connectivity index (χ2v) is 5.68. The van der Waals surface area contributed by atoms with E-state index in [-0.39, 0.29) is 0 Å². The molecule has 0 saturated heterocycles. The average Bonchev–Trinajstić information content (AvgIpc) is 3.08. The Hall–Kier alpha value is -1.56. The molecular formula is C18H20. The van der Waals surface area contributed by atoms with Crippen molar-refractivity contribution in [1.82, 2.24) is 0 Å². The maximum atomic E-state index is 2.37.